The maximum absolute atomic E-state index is 13.4. The van der Waals surface area contributed by atoms with Crippen molar-refractivity contribution in [3.05, 3.63) is 62.2 Å². The van der Waals surface area contributed by atoms with Crippen LogP contribution in [0.4, 0.5) is 4.39 Å². The van der Waals surface area contributed by atoms with Gasteiger partial charge in [-0.05, 0) is 29.7 Å². The molecule has 3 rings (SSSR count). The Morgan fingerprint density at radius 1 is 1.12 bits per heavy atom. The second-order valence-electron chi connectivity index (χ2n) is 5.75. The maximum atomic E-state index is 13.4. The summed E-state index contributed by atoms with van der Waals surface area (Å²) < 4.78 is 42.0. The summed E-state index contributed by atoms with van der Waals surface area (Å²) in [5, 5.41) is 0. The summed E-state index contributed by atoms with van der Waals surface area (Å²) in [6.07, 6.45) is 1.46. The highest BCUT2D eigenvalue weighted by Gasteiger charge is 2.31. The fourth-order valence-corrected chi connectivity index (χ4v) is 4.36. The number of aryl methyl sites for hydroxylation is 1. The molecule has 1 aliphatic heterocycles. The van der Waals surface area contributed by atoms with Crippen LogP contribution < -0.4 is 11.2 Å². The monoisotopic (exact) mass is 353 g/mol. The zero-order valence-electron chi connectivity index (χ0n) is 13.2. The maximum Gasteiger partial charge on any atom is 0.330 e. The fraction of sp³-hybridized carbons (Fsp3) is 0.333. The molecule has 1 aromatic heterocycles. The summed E-state index contributed by atoms with van der Waals surface area (Å²) in [6, 6.07) is 4.28. The quantitative estimate of drug-likeness (QED) is 0.759. The molecule has 0 amide bonds. The van der Waals surface area contributed by atoms with Gasteiger partial charge < -0.3 is 4.57 Å². The second kappa shape index (κ2) is 5.67. The summed E-state index contributed by atoms with van der Waals surface area (Å²) in [5.74, 6) is -0.439. The fourth-order valence-electron chi connectivity index (χ4n) is 2.80. The summed E-state index contributed by atoms with van der Waals surface area (Å²) in [5.41, 5.74) is -0.0177. The average Bonchev–Trinajstić information content (AvgIpc) is 2.55. The molecular formula is C15H16FN3O4S. The third kappa shape index (κ3) is 2.59. The molecule has 1 aromatic carbocycles. The average molecular weight is 353 g/mol. The van der Waals surface area contributed by atoms with Crippen LogP contribution in [0.5, 0.6) is 0 Å². The molecule has 2 aromatic rings. The molecular weight excluding hydrogens is 337 g/mol. The molecule has 0 atom stereocenters. The van der Waals surface area contributed by atoms with Crippen molar-refractivity contribution in [1.29, 1.82) is 0 Å². The standard InChI is InChI=1S/C15H16FN3O4S/c1-17-9-13(14(20)18(2)15(17)21)24(22,23)19-6-5-10-3-4-12(16)7-11(10)8-19/h3-4,7,9H,5-6,8H2,1-2H3. The highest BCUT2D eigenvalue weighted by atomic mass is 32.2. The van der Waals surface area contributed by atoms with E-state index in [1.807, 2.05) is 0 Å². The van der Waals surface area contributed by atoms with Crippen molar-refractivity contribution in [2.75, 3.05) is 6.54 Å². The molecule has 128 valence electrons. The van der Waals surface area contributed by atoms with Crippen molar-refractivity contribution in [2.24, 2.45) is 14.1 Å². The van der Waals surface area contributed by atoms with E-state index in [1.54, 1.807) is 6.07 Å². The summed E-state index contributed by atoms with van der Waals surface area (Å²) in [7, 11) is -1.49. The summed E-state index contributed by atoms with van der Waals surface area (Å²) in [4.78, 5) is 23.5. The number of fused-ring (bicyclic) bond motifs is 1. The zero-order chi connectivity index (χ0) is 17.6. The van der Waals surface area contributed by atoms with Gasteiger partial charge in [-0.3, -0.25) is 9.36 Å². The van der Waals surface area contributed by atoms with Crippen molar-refractivity contribution in [3.63, 3.8) is 0 Å². The molecule has 0 saturated heterocycles. The molecule has 0 spiro atoms. The van der Waals surface area contributed by atoms with E-state index in [-0.39, 0.29) is 13.1 Å². The molecule has 0 saturated carbocycles. The van der Waals surface area contributed by atoms with Crippen LogP contribution in [-0.4, -0.2) is 28.4 Å². The number of hydrogen-bond acceptors (Lipinski definition) is 4. The lowest BCUT2D eigenvalue weighted by molar-refractivity contribution is 0.388. The van der Waals surface area contributed by atoms with E-state index >= 15 is 0 Å². The van der Waals surface area contributed by atoms with E-state index < -0.39 is 32.0 Å². The van der Waals surface area contributed by atoms with Gasteiger partial charge in [0.05, 0.1) is 0 Å². The Morgan fingerprint density at radius 3 is 2.54 bits per heavy atom. The normalized spacial score (nSPS) is 15.3. The van der Waals surface area contributed by atoms with E-state index in [9.17, 15) is 22.4 Å². The second-order valence-corrected chi connectivity index (χ2v) is 7.66. The van der Waals surface area contributed by atoms with Crippen molar-refractivity contribution in [2.45, 2.75) is 17.9 Å². The van der Waals surface area contributed by atoms with E-state index in [1.165, 1.54) is 26.2 Å². The van der Waals surface area contributed by atoms with E-state index in [0.717, 1.165) is 25.2 Å². The Kier molecular flexibility index (Phi) is 3.92. The topological polar surface area (TPSA) is 81.4 Å². The Labute approximate surface area is 137 Å². The number of halogens is 1. The van der Waals surface area contributed by atoms with Gasteiger partial charge in [-0.1, -0.05) is 6.07 Å². The van der Waals surface area contributed by atoms with Gasteiger partial charge in [0.25, 0.3) is 5.56 Å². The van der Waals surface area contributed by atoms with Crippen LogP contribution in [0.25, 0.3) is 0 Å². The summed E-state index contributed by atoms with van der Waals surface area (Å²) >= 11 is 0. The Hall–Kier alpha value is -2.26. The molecule has 0 unspecified atom stereocenters. The predicted molar refractivity (Wildman–Crippen MR) is 84.6 cm³/mol. The van der Waals surface area contributed by atoms with Crippen molar-refractivity contribution >= 4 is 10.0 Å². The highest BCUT2D eigenvalue weighted by molar-refractivity contribution is 7.89. The molecule has 0 aliphatic carbocycles. The van der Waals surface area contributed by atoms with Crippen molar-refractivity contribution < 1.29 is 12.8 Å². The Morgan fingerprint density at radius 2 is 1.83 bits per heavy atom. The minimum atomic E-state index is -4.09. The van der Waals surface area contributed by atoms with E-state index in [2.05, 4.69) is 0 Å². The molecule has 0 bridgehead atoms. The minimum Gasteiger partial charge on any atom is -0.302 e. The smallest absolute Gasteiger partial charge is 0.302 e. The molecule has 1 aliphatic rings. The van der Waals surface area contributed by atoms with Crippen LogP contribution in [0.2, 0.25) is 0 Å². The van der Waals surface area contributed by atoms with Crippen LogP contribution >= 0.6 is 0 Å². The molecule has 0 fully saturated rings. The van der Waals surface area contributed by atoms with Gasteiger partial charge in [0.15, 0.2) is 4.90 Å². The van der Waals surface area contributed by atoms with Gasteiger partial charge in [-0.15, -0.1) is 0 Å². The highest BCUT2D eigenvalue weighted by Crippen LogP contribution is 2.24. The predicted octanol–water partition coefficient (Wildman–Crippen LogP) is -0.0299. The van der Waals surface area contributed by atoms with Crippen LogP contribution in [-0.2, 0) is 37.1 Å². The number of aromatic nitrogens is 2. The molecule has 24 heavy (non-hydrogen) atoms. The Balaban J connectivity index is 2.07. The third-order valence-electron chi connectivity index (χ3n) is 4.18. The van der Waals surface area contributed by atoms with Gasteiger partial charge >= 0.3 is 5.69 Å². The van der Waals surface area contributed by atoms with Gasteiger partial charge in [-0.2, -0.15) is 4.31 Å². The molecule has 0 N–H and O–H groups in total. The first-order chi connectivity index (χ1) is 11.2. The number of hydrogen-bond donors (Lipinski definition) is 0. The Bertz CT molecular complexity index is 1040. The first-order valence-corrected chi connectivity index (χ1v) is 8.70. The van der Waals surface area contributed by atoms with Crippen molar-refractivity contribution in [1.82, 2.24) is 13.4 Å². The first kappa shape index (κ1) is 16.6. The largest absolute Gasteiger partial charge is 0.330 e. The molecule has 7 nitrogen and oxygen atoms in total. The lowest BCUT2D eigenvalue weighted by atomic mass is 10.0. The van der Waals surface area contributed by atoms with Gasteiger partial charge in [-0.25, -0.2) is 17.6 Å². The lowest BCUT2D eigenvalue weighted by Crippen LogP contribution is -2.43. The van der Waals surface area contributed by atoms with E-state index in [0.29, 0.717) is 12.0 Å². The number of benzene rings is 1. The van der Waals surface area contributed by atoms with Crippen LogP contribution in [0.3, 0.4) is 0 Å². The molecule has 2 heterocycles. The zero-order valence-corrected chi connectivity index (χ0v) is 14.0. The van der Waals surface area contributed by atoms with Crippen LogP contribution in [0.15, 0.2) is 38.9 Å². The van der Waals surface area contributed by atoms with Gasteiger partial charge in [0, 0.05) is 33.4 Å². The number of nitrogens with zero attached hydrogens (tertiary/aromatic N) is 3. The minimum absolute atomic E-state index is 0.0125. The first-order valence-electron chi connectivity index (χ1n) is 7.26. The summed E-state index contributed by atoms with van der Waals surface area (Å²) in [6.45, 7) is 0.175. The lowest BCUT2D eigenvalue weighted by Gasteiger charge is -2.28. The van der Waals surface area contributed by atoms with Gasteiger partial charge in [0.1, 0.15) is 5.82 Å². The van der Waals surface area contributed by atoms with Gasteiger partial charge in [0.2, 0.25) is 10.0 Å². The molecule has 0 radical (unpaired) electrons. The van der Waals surface area contributed by atoms with Crippen LogP contribution in [0, 0.1) is 5.82 Å². The van der Waals surface area contributed by atoms with E-state index in [4.69, 9.17) is 0 Å². The number of sulfonamides is 1. The third-order valence-corrected chi connectivity index (χ3v) is 6.01. The van der Waals surface area contributed by atoms with Crippen LogP contribution in [0.1, 0.15) is 11.1 Å². The number of rotatable bonds is 2. The SMILES string of the molecule is Cn1cc(S(=O)(=O)N2CCc3ccc(F)cc3C2)c(=O)n(C)c1=O. The molecule has 9 heteroatoms. The van der Waals surface area contributed by atoms with Crippen molar-refractivity contribution in [3.8, 4) is 0 Å².